The van der Waals surface area contributed by atoms with E-state index in [4.69, 9.17) is 0 Å². The highest BCUT2D eigenvalue weighted by molar-refractivity contribution is 9.10. The molecular formula is C12H17BrN2OS. The van der Waals surface area contributed by atoms with Crippen molar-refractivity contribution in [1.82, 2.24) is 9.97 Å². The fourth-order valence-corrected chi connectivity index (χ4v) is 3.12. The molecule has 0 aliphatic heterocycles. The Kier molecular flexibility index (Phi) is 4.82. The van der Waals surface area contributed by atoms with Gasteiger partial charge in [0.05, 0.1) is 10.2 Å². The predicted octanol–water partition coefficient (Wildman–Crippen LogP) is 3.57. The maximum Gasteiger partial charge on any atom is 0.187 e. The van der Waals surface area contributed by atoms with E-state index in [9.17, 15) is 5.11 Å². The highest BCUT2D eigenvalue weighted by atomic mass is 79.9. The van der Waals surface area contributed by atoms with Crippen LogP contribution in [0.15, 0.2) is 15.8 Å². The molecule has 1 aliphatic rings. The first-order chi connectivity index (χ1) is 8.22. The molecule has 1 N–H and O–H groups in total. The van der Waals surface area contributed by atoms with Crippen molar-refractivity contribution in [3.8, 4) is 0 Å². The van der Waals surface area contributed by atoms with Gasteiger partial charge in [0, 0.05) is 6.20 Å². The number of hydrogen-bond acceptors (Lipinski definition) is 4. The Morgan fingerprint density at radius 3 is 2.76 bits per heavy atom. The average molecular weight is 317 g/mol. The summed E-state index contributed by atoms with van der Waals surface area (Å²) in [4.78, 5) is 8.60. The zero-order valence-electron chi connectivity index (χ0n) is 9.90. The van der Waals surface area contributed by atoms with Crippen molar-refractivity contribution in [1.29, 1.82) is 0 Å². The van der Waals surface area contributed by atoms with Gasteiger partial charge in [0.1, 0.15) is 6.10 Å². The second-order valence-electron chi connectivity index (χ2n) is 4.43. The fourth-order valence-electron chi connectivity index (χ4n) is 2.34. The van der Waals surface area contributed by atoms with Crippen LogP contribution in [0.4, 0.5) is 0 Å². The molecule has 1 heterocycles. The first-order valence-corrected chi connectivity index (χ1v) is 7.98. The number of aromatic nitrogens is 2. The Morgan fingerprint density at radius 1 is 1.41 bits per heavy atom. The molecule has 2 rings (SSSR count). The summed E-state index contributed by atoms with van der Waals surface area (Å²) in [6.45, 7) is 0. The van der Waals surface area contributed by atoms with Crippen molar-refractivity contribution in [2.24, 2.45) is 5.92 Å². The van der Waals surface area contributed by atoms with Crippen molar-refractivity contribution >= 4 is 27.7 Å². The van der Waals surface area contributed by atoms with Crippen LogP contribution in [-0.4, -0.2) is 21.3 Å². The molecule has 1 aliphatic carbocycles. The number of halogens is 1. The van der Waals surface area contributed by atoms with Crippen LogP contribution in [-0.2, 0) is 0 Å². The third-order valence-corrected chi connectivity index (χ3v) is 4.48. The molecule has 94 valence electrons. The van der Waals surface area contributed by atoms with Crippen LogP contribution in [0, 0.1) is 5.92 Å². The number of hydrogen-bond donors (Lipinski definition) is 1. The number of nitrogens with zero attached hydrogens (tertiary/aromatic N) is 2. The van der Waals surface area contributed by atoms with E-state index >= 15 is 0 Å². The molecule has 1 aromatic rings. The van der Waals surface area contributed by atoms with Gasteiger partial charge in [-0.05, 0) is 40.9 Å². The minimum atomic E-state index is -0.460. The highest BCUT2D eigenvalue weighted by Crippen LogP contribution is 2.36. The molecule has 17 heavy (non-hydrogen) atoms. The summed E-state index contributed by atoms with van der Waals surface area (Å²) >= 11 is 4.93. The maximum atomic E-state index is 10.4. The van der Waals surface area contributed by atoms with E-state index in [1.165, 1.54) is 31.0 Å². The van der Waals surface area contributed by atoms with Crippen LogP contribution in [0.25, 0.3) is 0 Å². The third-order valence-electron chi connectivity index (χ3n) is 3.31. The van der Waals surface area contributed by atoms with Gasteiger partial charge < -0.3 is 5.11 Å². The smallest absolute Gasteiger partial charge is 0.187 e. The monoisotopic (exact) mass is 316 g/mol. The Balaban J connectivity index is 2.19. The SMILES string of the molecule is CSc1ncc(Br)c(C(O)C2CCCCC2)n1. The predicted molar refractivity (Wildman–Crippen MR) is 73.0 cm³/mol. The lowest BCUT2D eigenvalue weighted by Gasteiger charge is -2.26. The topological polar surface area (TPSA) is 46.0 Å². The number of aliphatic hydroxyl groups is 1. The van der Waals surface area contributed by atoms with Gasteiger partial charge in [-0.25, -0.2) is 9.97 Å². The first kappa shape index (κ1) is 13.3. The van der Waals surface area contributed by atoms with E-state index in [2.05, 4.69) is 25.9 Å². The molecule has 1 fully saturated rings. The summed E-state index contributed by atoms with van der Waals surface area (Å²) in [7, 11) is 0. The van der Waals surface area contributed by atoms with Crippen LogP contribution in [0.1, 0.15) is 43.9 Å². The Hall–Kier alpha value is -0.130. The first-order valence-electron chi connectivity index (χ1n) is 5.97. The molecule has 0 amide bonds. The fraction of sp³-hybridized carbons (Fsp3) is 0.667. The summed E-state index contributed by atoms with van der Waals surface area (Å²) in [5.41, 5.74) is 0.747. The van der Waals surface area contributed by atoms with Gasteiger partial charge in [0.25, 0.3) is 0 Å². The summed E-state index contributed by atoms with van der Waals surface area (Å²) in [5, 5.41) is 11.1. The standard InChI is InChI=1S/C12H17BrN2OS/c1-17-12-14-7-9(13)10(15-12)11(16)8-5-3-2-4-6-8/h7-8,11,16H,2-6H2,1H3. The van der Waals surface area contributed by atoms with E-state index < -0.39 is 6.10 Å². The minimum Gasteiger partial charge on any atom is -0.386 e. The van der Waals surface area contributed by atoms with Crippen LogP contribution < -0.4 is 0 Å². The van der Waals surface area contributed by atoms with Crippen molar-refractivity contribution in [3.63, 3.8) is 0 Å². The molecule has 0 spiro atoms. The van der Waals surface area contributed by atoms with Gasteiger partial charge in [0.15, 0.2) is 5.16 Å². The molecule has 0 radical (unpaired) electrons. The normalized spacial score (nSPS) is 19.2. The number of rotatable bonds is 3. The van der Waals surface area contributed by atoms with Crippen molar-refractivity contribution in [2.75, 3.05) is 6.26 Å². The van der Waals surface area contributed by atoms with Crippen molar-refractivity contribution < 1.29 is 5.11 Å². The summed E-state index contributed by atoms with van der Waals surface area (Å²) in [6, 6.07) is 0. The summed E-state index contributed by atoms with van der Waals surface area (Å²) < 4.78 is 0.813. The van der Waals surface area contributed by atoms with E-state index in [1.54, 1.807) is 6.20 Å². The molecule has 1 aromatic heterocycles. The van der Waals surface area contributed by atoms with Crippen LogP contribution in [0.2, 0.25) is 0 Å². The molecule has 1 atom stereocenters. The average Bonchev–Trinajstić information content (AvgIpc) is 2.39. The molecule has 3 nitrogen and oxygen atoms in total. The second kappa shape index (κ2) is 6.16. The lowest BCUT2D eigenvalue weighted by molar-refractivity contribution is 0.0797. The third kappa shape index (κ3) is 3.20. The largest absolute Gasteiger partial charge is 0.386 e. The zero-order valence-corrected chi connectivity index (χ0v) is 12.3. The summed E-state index contributed by atoms with van der Waals surface area (Å²) in [6.07, 6.45) is 9.17. The van der Waals surface area contributed by atoms with Gasteiger partial charge in [-0.1, -0.05) is 31.0 Å². The molecule has 0 saturated heterocycles. The molecule has 1 saturated carbocycles. The molecular weight excluding hydrogens is 300 g/mol. The van der Waals surface area contributed by atoms with Gasteiger partial charge in [-0.3, -0.25) is 0 Å². The van der Waals surface area contributed by atoms with Gasteiger partial charge in [-0.2, -0.15) is 0 Å². The van der Waals surface area contributed by atoms with Crippen LogP contribution in [0.3, 0.4) is 0 Å². The lowest BCUT2D eigenvalue weighted by Crippen LogP contribution is -2.17. The zero-order chi connectivity index (χ0) is 12.3. The second-order valence-corrected chi connectivity index (χ2v) is 6.06. The lowest BCUT2D eigenvalue weighted by atomic mass is 9.84. The molecule has 1 unspecified atom stereocenters. The van der Waals surface area contributed by atoms with Crippen molar-refractivity contribution in [3.05, 3.63) is 16.4 Å². The Bertz CT molecular complexity index is 383. The quantitative estimate of drug-likeness (QED) is 0.684. The van der Waals surface area contributed by atoms with E-state index in [0.29, 0.717) is 5.92 Å². The molecule has 0 bridgehead atoms. The van der Waals surface area contributed by atoms with Crippen molar-refractivity contribution in [2.45, 2.75) is 43.4 Å². The Morgan fingerprint density at radius 2 is 2.12 bits per heavy atom. The van der Waals surface area contributed by atoms with Gasteiger partial charge in [-0.15, -0.1) is 0 Å². The maximum absolute atomic E-state index is 10.4. The van der Waals surface area contributed by atoms with E-state index in [0.717, 1.165) is 28.2 Å². The van der Waals surface area contributed by atoms with E-state index in [1.807, 2.05) is 6.26 Å². The van der Waals surface area contributed by atoms with Gasteiger partial charge in [0.2, 0.25) is 0 Å². The number of aliphatic hydroxyl groups excluding tert-OH is 1. The minimum absolute atomic E-state index is 0.352. The van der Waals surface area contributed by atoms with Crippen LogP contribution in [0.5, 0.6) is 0 Å². The molecule has 5 heteroatoms. The Labute approximate surface area is 115 Å². The van der Waals surface area contributed by atoms with Gasteiger partial charge >= 0.3 is 0 Å². The highest BCUT2D eigenvalue weighted by Gasteiger charge is 2.26. The summed E-state index contributed by atoms with van der Waals surface area (Å²) in [5.74, 6) is 0.352. The van der Waals surface area contributed by atoms with E-state index in [-0.39, 0.29) is 0 Å². The van der Waals surface area contributed by atoms with Crippen LogP contribution >= 0.6 is 27.7 Å². The number of thioether (sulfide) groups is 1. The molecule has 0 aromatic carbocycles.